The Kier molecular flexibility index (Phi) is 5.23. The van der Waals surface area contributed by atoms with Crippen molar-refractivity contribution in [1.29, 1.82) is 0 Å². The summed E-state index contributed by atoms with van der Waals surface area (Å²) < 4.78 is 6.24. The number of hydrogen-bond acceptors (Lipinski definition) is 6. The maximum atomic E-state index is 12.4. The minimum Gasteiger partial charge on any atom is -0.460 e. The molecule has 0 aliphatic carbocycles. The summed E-state index contributed by atoms with van der Waals surface area (Å²) in [6.07, 6.45) is 2.60. The molecular formula is C14H18BrN5O2. The van der Waals surface area contributed by atoms with Crippen molar-refractivity contribution in [3.8, 4) is 0 Å². The van der Waals surface area contributed by atoms with Gasteiger partial charge in [-0.3, -0.25) is 4.79 Å². The van der Waals surface area contributed by atoms with Crippen molar-refractivity contribution in [2.45, 2.75) is 39.2 Å². The van der Waals surface area contributed by atoms with Gasteiger partial charge in [-0.25, -0.2) is 4.98 Å². The van der Waals surface area contributed by atoms with Crippen LogP contribution in [0.4, 0.5) is 0 Å². The summed E-state index contributed by atoms with van der Waals surface area (Å²) in [7, 11) is 0. The van der Waals surface area contributed by atoms with Crippen molar-refractivity contribution in [3.63, 3.8) is 0 Å². The molecule has 2 aromatic rings. The lowest BCUT2D eigenvalue weighted by molar-refractivity contribution is -0.160. The molecule has 0 amide bonds. The molecule has 0 aliphatic heterocycles. The lowest BCUT2D eigenvalue weighted by Gasteiger charge is -2.23. The topological polar surface area (TPSA) is 93.6 Å². The first-order chi connectivity index (χ1) is 10.3. The van der Waals surface area contributed by atoms with Gasteiger partial charge < -0.3 is 4.74 Å². The summed E-state index contributed by atoms with van der Waals surface area (Å²) in [6, 6.07) is 3.76. The highest BCUT2D eigenvalue weighted by atomic mass is 79.9. The number of ether oxygens (including phenoxy) is 1. The van der Waals surface area contributed by atoms with Gasteiger partial charge in [0.2, 0.25) is 0 Å². The normalized spacial score (nSPS) is 12.9. The zero-order valence-corrected chi connectivity index (χ0v) is 14.3. The van der Waals surface area contributed by atoms with Crippen molar-refractivity contribution in [2.24, 2.45) is 5.92 Å². The van der Waals surface area contributed by atoms with E-state index in [4.69, 9.17) is 4.74 Å². The van der Waals surface area contributed by atoms with Gasteiger partial charge in [-0.05, 0) is 54.8 Å². The Labute approximate surface area is 137 Å². The Morgan fingerprint density at radius 3 is 2.68 bits per heavy atom. The molecule has 0 bridgehead atoms. The van der Waals surface area contributed by atoms with Crippen LogP contribution in [0.25, 0.3) is 0 Å². The van der Waals surface area contributed by atoms with Gasteiger partial charge in [0.05, 0.1) is 5.92 Å². The van der Waals surface area contributed by atoms with Crippen LogP contribution in [-0.4, -0.2) is 37.2 Å². The number of aromatic amines is 1. The van der Waals surface area contributed by atoms with Crippen molar-refractivity contribution in [3.05, 3.63) is 34.3 Å². The van der Waals surface area contributed by atoms with E-state index in [1.807, 2.05) is 32.9 Å². The number of aromatic nitrogens is 5. The van der Waals surface area contributed by atoms with E-state index in [-0.39, 0.29) is 11.9 Å². The Hall–Kier alpha value is -1.83. The maximum Gasteiger partial charge on any atom is 0.310 e. The van der Waals surface area contributed by atoms with Crippen LogP contribution in [0.1, 0.15) is 32.2 Å². The summed E-state index contributed by atoms with van der Waals surface area (Å²) in [4.78, 5) is 16.6. The third-order valence-electron chi connectivity index (χ3n) is 2.83. The number of esters is 1. The fourth-order valence-electron chi connectivity index (χ4n) is 1.93. The second-order valence-corrected chi connectivity index (χ2v) is 6.77. The summed E-state index contributed by atoms with van der Waals surface area (Å²) in [6.45, 7) is 5.53. The van der Waals surface area contributed by atoms with Crippen molar-refractivity contribution >= 4 is 21.9 Å². The minimum atomic E-state index is -0.537. The van der Waals surface area contributed by atoms with E-state index < -0.39 is 5.60 Å². The smallest absolute Gasteiger partial charge is 0.310 e. The molecule has 1 unspecified atom stereocenters. The van der Waals surface area contributed by atoms with Crippen LogP contribution in [0.15, 0.2) is 22.9 Å². The quantitative estimate of drug-likeness (QED) is 0.642. The molecule has 7 nitrogen and oxygen atoms in total. The van der Waals surface area contributed by atoms with Crippen molar-refractivity contribution < 1.29 is 9.53 Å². The summed E-state index contributed by atoms with van der Waals surface area (Å²) in [5.41, 5.74) is 0.410. The molecule has 2 aromatic heterocycles. The van der Waals surface area contributed by atoms with Crippen molar-refractivity contribution in [1.82, 2.24) is 25.6 Å². The van der Waals surface area contributed by atoms with E-state index in [2.05, 4.69) is 41.5 Å². The molecule has 1 atom stereocenters. The monoisotopic (exact) mass is 367 g/mol. The van der Waals surface area contributed by atoms with E-state index in [1.54, 1.807) is 6.20 Å². The molecule has 0 spiro atoms. The molecule has 2 rings (SSSR count). The molecular weight excluding hydrogens is 350 g/mol. The van der Waals surface area contributed by atoms with Gasteiger partial charge in [-0.2, -0.15) is 5.21 Å². The number of hydrogen-bond donors (Lipinski definition) is 1. The molecule has 0 saturated carbocycles. The van der Waals surface area contributed by atoms with Crippen LogP contribution < -0.4 is 0 Å². The Bertz CT molecular complexity index is 607. The maximum absolute atomic E-state index is 12.4. The number of tetrazole rings is 1. The molecule has 8 heteroatoms. The van der Waals surface area contributed by atoms with E-state index in [9.17, 15) is 4.79 Å². The zero-order chi connectivity index (χ0) is 16.2. The standard InChI is InChI=1S/C14H18BrN5O2/c1-14(2,3)22-13(21)10(7-12-17-19-20-18-12)6-9-4-5-11(15)16-8-9/h4-5,8,10H,6-7H2,1-3H3,(H,17,18,19,20). The van der Waals surface area contributed by atoms with Gasteiger partial charge in [-0.15, -0.1) is 10.2 Å². The number of nitrogens with zero attached hydrogens (tertiary/aromatic N) is 4. The Morgan fingerprint density at radius 1 is 1.36 bits per heavy atom. The lowest BCUT2D eigenvalue weighted by atomic mass is 9.96. The molecule has 2 heterocycles. The van der Waals surface area contributed by atoms with Crippen LogP contribution in [0, 0.1) is 5.92 Å². The number of pyridine rings is 1. The van der Waals surface area contributed by atoms with Crippen LogP contribution in [0.2, 0.25) is 0 Å². The Morgan fingerprint density at radius 2 is 2.14 bits per heavy atom. The SMILES string of the molecule is CC(C)(C)OC(=O)C(Cc1ccc(Br)nc1)Cc1nn[nH]n1. The van der Waals surface area contributed by atoms with Gasteiger partial charge in [-0.1, -0.05) is 11.3 Å². The first-order valence-electron chi connectivity index (χ1n) is 6.89. The summed E-state index contributed by atoms with van der Waals surface area (Å²) in [5, 5.41) is 13.7. The number of nitrogens with one attached hydrogen (secondary N) is 1. The van der Waals surface area contributed by atoms with Gasteiger partial charge in [0.1, 0.15) is 10.2 Å². The largest absolute Gasteiger partial charge is 0.460 e. The molecule has 118 valence electrons. The van der Waals surface area contributed by atoms with E-state index in [1.165, 1.54) is 0 Å². The lowest BCUT2D eigenvalue weighted by Crippen LogP contribution is -2.31. The third kappa shape index (κ3) is 5.18. The highest BCUT2D eigenvalue weighted by molar-refractivity contribution is 9.10. The van der Waals surface area contributed by atoms with Crippen LogP contribution in [0.3, 0.4) is 0 Å². The van der Waals surface area contributed by atoms with Gasteiger partial charge in [0, 0.05) is 12.6 Å². The van der Waals surface area contributed by atoms with Gasteiger partial charge in [0.25, 0.3) is 0 Å². The second-order valence-electron chi connectivity index (χ2n) is 5.96. The van der Waals surface area contributed by atoms with Gasteiger partial charge in [0.15, 0.2) is 5.82 Å². The molecule has 0 aliphatic rings. The predicted octanol–water partition coefficient (Wildman–Crippen LogP) is 2.10. The summed E-state index contributed by atoms with van der Waals surface area (Å²) >= 11 is 3.29. The molecule has 1 N–H and O–H groups in total. The van der Waals surface area contributed by atoms with Gasteiger partial charge >= 0.3 is 5.97 Å². The molecule has 22 heavy (non-hydrogen) atoms. The van der Waals surface area contributed by atoms with E-state index in [0.29, 0.717) is 18.7 Å². The average molecular weight is 368 g/mol. The fraction of sp³-hybridized carbons (Fsp3) is 0.500. The highest BCUT2D eigenvalue weighted by Crippen LogP contribution is 2.18. The number of H-pyrrole nitrogens is 1. The molecule has 0 saturated heterocycles. The van der Waals surface area contributed by atoms with Crippen LogP contribution in [0.5, 0.6) is 0 Å². The average Bonchev–Trinajstić information content (AvgIpc) is 2.91. The third-order valence-corrected chi connectivity index (χ3v) is 3.30. The van der Waals surface area contributed by atoms with Crippen LogP contribution >= 0.6 is 15.9 Å². The predicted molar refractivity (Wildman–Crippen MR) is 82.9 cm³/mol. The molecule has 0 radical (unpaired) electrons. The Balaban J connectivity index is 2.13. The van der Waals surface area contributed by atoms with Crippen LogP contribution in [-0.2, 0) is 22.4 Å². The number of halogens is 1. The molecule has 0 fully saturated rings. The van der Waals surface area contributed by atoms with E-state index in [0.717, 1.165) is 10.2 Å². The fourth-order valence-corrected chi connectivity index (χ4v) is 2.16. The number of carbonyl (C=O) groups is 1. The zero-order valence-electron chi connectivity index (χ0n) is 12.7. The summed E-state index contributed by atoms with van der Waals surface area (Å²) in [5.74, 6) is -0.180. The van der Waals surface area contributed by atoms with Crippen molar-refractivity contribution in [2.75, 3.05) is 0 Å². The first kappa shape index (κ1) is 16.5. The van der Waals surface area contributed by atoms with E-state index >= 15 is 0 Å². The molecule has 0 aromatic carbocycles. The minimum absolute atomic E-state index is 0.278. The highest BCUT2D eigenvalue weighted by Gasteiger charge is 2.27. The first-order valence-corrected chi connectivity index (χ1v) is 7.68. The number of rotatable bonds is 5. The second kappa shape index (κ2) is 6.95. The number of carbonyl (C=O) groups excluding carboxylic acids is 1.